The summed E-state index contributed by atoms with van der Waals surface area (Å²) in [6.45, 7) is 0. The van der Waals surface area contributed by atoms with Crippen LogP contribution in [0.2, 0.25) is 0 Å². The Morgan fingerprint density at radius 3 is 2.42 bits per heavy atom. The Hall–Kier alpha value is -2.21. The van der Waals surface area contributed by atoms with Crippen LogP contribution in [0.5, 0.6) is 17.2 Å². The van der Waals surface area contributed by atoms with Crippen LogP contribution in [0.1, 0.15) is 12.0 Å². The number of amides is 1. The first-order valence-electron chi connectivity index (χ1n) is 7.41. The van der Waals surface area contributed by atoms with Crippen LogP contribution in [0.25, 0.3) is 0 Å². The van der Waals surface area contributed by atoms with Crippen LogP contribution in [-0.2, 0) is 11.2 Å². The van der Waals surface area contributed by atoms with E-state index in [0.717, 1.165) is 10.0 Å². The van der Waals surface area contributed by atoms with Gasteiger partial charge in [0, 0.05) is 22.6 Å². The van der Waals surface area contributed by atoms with Crippen LogP contribution in [0, 0.1) is 0 Å². The van der Waals surface area contributed by atoms with Crippen LogP contribution >= 0.6 is 15.9 Å². The molecule has 2 aromatic rings. The number of hydrogen-bond donors (Lipinski definition) is 1. The van der Waals surface area contributed by atoms with E-state index in [1.165, 1.54) is 0 Å². The first-order chi connectivity index (χ1) is 11.6. The Kier molecular flexibility index (Phi) is 6.49. The van der Waals surface area contributed by atoms with Gasteiger partial charge >= 0.3 is 0 Å². The first kappa shape index (κ1) is 18.1. The third-order valence-corrected chi connectivity index (χ3v) is 4.27. The third-order valence-electron chi connectivity index (χ3n) is 3.53. The molecule has 0 aromatic heterocycles. The van der Waals surface area contributed by atoms with Gasteiger partial charge in [0.15, 0.2) is 11.5 Å². The molecule has 5 nitrogen and oxygen atoms in total. The molecule has 1 N–H and O–H groups in total. The summed E-state index contributed by atoms with van der Waals surface area (Å²) in [5.74, 6) is 1.93. The molecule has 0 saturated carbocycles. The molecule has 0 unspecified atom stereocenters. The summed E-state index contributed by atoms with van der Waals surface area (Å²) in [7, 11) is 4.77. The van der Waals surface area contributed by atoms with Gasteiger partial charge in [-0.2, -0.15) is 0 Å². The molecule has 0 aliphatic carbocycles. The zero-order valence-corrected chi connectivity index (χ0v) is 15.5. The number of benzene rings is 2. The lowest BCUT2D eigenvalue weighted by Crippen LogP contribution is -2.12. The molecule has 1 amide bonds. The molecule has 128 valence electrons. The van der Waals surface area contributed by atoms with E-state index in [2.05, 4.69) is 21.2 Å². The summed E-state index contributed by atoms with van der Waals surface area (Å²) in [6, 6.07) is 11.0. The molecule has 0 aliphatic heterocycles. The number of ether oxygens (including phenoxy) is 3. The van der Waals surface area contributed by atoms with Crippen molar-refractivity contribution in [3.63, 3.8) is 0 Å². The Labute approximate surface area is 150 Å². The molecule has 6 heteroatoms. The minimum absolute atomic E-state index is 0.0649. The van der Waals surface area contributed by atoms with Gasteiger partial charge in [-0.3, -0.25) is 4.79 Å². The molecule has 0 saturated heterocycles. The van der Waals surface area contributed by atoms with Crippen LogP contribution in [0.4, 0.5) is 5.69 Å². The van der Waals surface area contributed by atoms with E-state index in [1.807, 2.05) is 30.3 Å². The quantitative estimate of drug-likeness (QED) is 0.770. The van der Waals surface area contributed by atoms with E-state index in [1.54, 1.807) is 27.4 Å². The predicted octanol–water partition coefficient (Wildman–Crippen LogP) is 4.05. The fraction of sp³-hybridized carbons (Fsp3) is 0.278. The van der Waals surface area contributed by atoms with Gasteiger partial charge in [0.2, 0.25) is 5.91 Å². The molecule has 0 heterocycles. The van der Waals surface area contributed by atoms with Gasteiger partial charge < -0.3 is 19.5 Å². The first-order valence-corrected chi connectivity index (χ1v) is 8.21. The number of carbonyl (C=O) groups excluding carboxylic acids is 1. The topological polar surface area (TPSA) is 56.8 Å². The van der Waals surface area contributed by atoms with Crippen molar-refractivity contribution in [1.82, 2.24) is 0 Å². The SMILES string of the molecule is COc1cccc(NC(=O)CCc2cc(OC)c(OC)cc2Br)c1. The maximum atomic E-state index is 12.2. The highest BCUT2D eigenvalue weighted by Crippen LogP contribution is 2.33. The molecule has 2 aromatic carbocycles. The zero-order chi connectivity index (χ0) is 17.5. The number of carbonyl (C=O) groups is 1. The second kappa shape index (κ2) is 8.59. The van der Waals surface area contributed by atoms with Crippen molar-refractivity contribution in [2.24, 2.45) is 0 Å². The van der Waals surface area contributed by atoms with E-state index in [-0.39, 0.29) is 5.91 Å². The molecule has 24 heavy (non-hydrogen) atoms. The number of anilines is 1. The molecular weight excluding hydrogens is 374 g/mol. The normalized spacial score (nSPS) is 10.2. The van der Waals surface area contributed by atoms with Gasteiger partial charge in [0.25, 0.3) is 0 Å². The monoisotopic (exact) mass is 393 g/mol. The summed E-state index contributed by atoms with van der Waals surface area (Å²) in [5, 5.41) is 2.87. The lowest BCUT2D eigenvalue weighted by molar-refractivity contribution is -0.116. The minimum Gasteiger partial charge on any atom is -0.497 e. The Bertz CT molecular complexity index is 718. The number of halogens is 1. The number of aryl methyl sites for hydroxylation is 1. The highest BCUT2D eigenvalue weighted by Gasteiger charge is 2.11. The van der Waals surface area contributed by atoms with Crippen LogP contribution in [-0.4, -0.2) is 27.2 Å². The molecule has 0 radical (unpaired) electrons. The number of hydrogen-bond acceptors (Lipinski definition) is 4. The highest BCUT2D eigenvalue weighted by molar-refractivity contribution is 9.10. The number of rotatable bonds is 7. The standard InChI is InChI=1S/C18H20BrNO4/c1-22-14-6-4-5-13(10-14)20-18(21)8-7-12-9-16(23-2)17(24-3)11-15(12)19/h4-6,9-11H,7-8H2,1-3H3,(H,20,21). The summed E-state index contributed by atoms with van der Waals surface area (Å²) in [6.07, 6.45) is 0.933. The predicted molar refractivity (Wildman–Crippen MR) is 97.2 cm³/mol. The van der Waals surface area contributed by atoms with Crippen molar-refractivity contribution >= 4 is 27.5 Å². The van der Waals surface area contributed by atoms with Gasteiger partial charge in [-0.15, -0.1) is 0 Å². The third kappa shape index (κ3) is 4.64. The van der Waals surface area contributed by atoms with Crippen molar-refractivity contribution in [3.8, 4) is 17.2 Å². The highest BCUT2D eigenvalue weighted by atomic mass is 79.9. The van der Waals surface area contributed by atoms with Crippen molar-refractivity contribution in [2.45, 2.75) is 12.8 Å². The van der Waals surface area contributed by atoms with E-state index < -0.39 is 0 Å². The van der Waals surface area contributed by atoms with E-state index >= 15 is 0 Å². The number of methoxy groups -OCH3 is 3. The lowest BCUT2D eigenvalue weighted by Gasteiger charge is -2.12. The van der Waals surface area contributed by atoms with Gasteiger partial charge in [0.05, 0.1) is 21.3 Å². The van der Waals surface area contributed by atoms with E-state index in [0.29, 0.717) is 35.8 Å². The Balaban J connectivity index is 2.01. The van der Waals surface area contributed by atoms with E-state index in [9.17, 15) is 4.79 Å². The lowest BCUT2D eigenvalue weighted by atomic mass is 10.1. The molecule has 0 spiro atoms. The van der Waals surface area contributed by atoms with Gasteiger partial charge in [-0.05, 0) is 36.2 Å². The molecule has 0 aliphatic rings. The summed E-state index contributed by atoms with van der Waals surface area (Å²) >= 11 is 3.50. The molecule has 0 fully saturated rings. The number of nitrogens with one attached hydrogen (secondary N) is 1. The maximum Gasteiger partial charge on any atom is 0.224 e. The summed E-state index contributed by atoms with van der Waals surface area (Å²) in [4.78, 5) is 12.2. The zero-order valence-electron chi connectivity index (χ0n) is 13.9. The average Bonchev–Trinajstić information content (AvgIpc) is 2.60. The van der Waals surface area contributed by atoms with Crippen LogP contribution in [0.3, 0.4) is 0 Å². The summed E-state index contributed by atoms with van der Waals surface area (Å²) in [5.41, 5.74) is 1.69. The second-order valence-corrected chi connectivity index (χ2v) is 5.93. The largest absolute Gasteiger partial charge is 0.497 e. The van der Waals surface area contributed by atoms with Crippen molar-refractivity contribution in [2.75, 3.05) is 26.6 Å². The van der Waals surface area contributed by atoms with Crippen LogP contribution < -0.4 is 19.5 Å². The molecule has 2 rings (SSSR count). The van der Waals surface area contributed by atoms with Crippen molar-refractivity contribution in [3.05, 3.63) is 46.4 Å². The second-order valence-electron chi connectivity index (χ2n) is 5.08. The van der Waals surface area contributed by atoms with Crippen molar-refractivity contribution in [1.29, 1.82) is 0 Å². The molecular formula is C18H20BrNO4. The molecule has 0 bridgehead atoms. The van der Waals surface area contributed by atoms with E-state index in [4.69, 9.17) is 14.2 Å². The summed E-state index contributed by atoms with van der Waals surface area (Å²) < 4.78 is 16.6. The Morgan fingerprint density at radius 2 is 1.75 bits per heavy atom. The average molecular weight is 394 g/mol. The van der Waals surface area contributed by atoms with Gasteiger partial charge in [-0.25, -0.2) is 0 Å². The van der Waals surface area contributed by atoms with Crippen LogP contribution in [0.15, 0.2) is 40.9 Å². The fourth-order valence-electron chi connectivity index (χ4n) is 2.26. The van der Waals surface area contributed by atoms with Gasteiger partial charge in [-0.1, -0.05) is 22.0 Å². The minimum atomic E-state index is -0.0649. The van der Waals surface area contributed by atoms with Crippen molar-refractivity contribution < 1.29 is 19.0 Å². The smallest absolute Gasteiger partial charge is 0.224 e. The van der Waals surface area contributed by atoms with Gasteiger partial charge in [0.1, 0.15) is 5.75 Å². The Morgan fingerprint density at radius 1 is 1.04 bits per heavy atom. The maximum absolute atomic E-state index is 12.2. The molecule has 0 atom stereocenters. The fourth-order valence-corrected chi connectivity index (χ4v) is 2.78.